The van der Waals surface area contributed by atoms with Gasteiger partial charge in [0.2, 0.25) is 5.91 Å². The van der Waals surface area contributed by atoms with Crippen LogP contribution in [0.5, 0.6) is 0 Å². The minimum Gasteiger partial charge on any atom is -0.370 e. The van der Waals surface area contributed by atoms with Gasteiger partial charge in [0.25, 0.3) is 0 Å². The Balaban J connectivity index is 2.96. The fourth-order valence-corrected chi connectivity index (χ4v) is 2.17. The molecule has 1 aromatic heterocycles. The van der Waals surface area contributed by atoms with Gasteiger partial charge in [-0.25, -0.2) is 13.4 Å². The Labute approximate surface area is 100 Å². The average Bonchev–Trinajstić information content (AvgIpc) is 2.15. The van der Waals surface area contributed by atoms with E-state index in [0.717, 1.165) is 6.26 Å². The summed E-state index contributed by atoms with van der Waals surface area (Å²) in [7, 11) is -3.35. The van der Waals surface area contributed by atoms with Crippen LogP contribution in [0.15, 0.2) is 23.2 Å². The summed E-state index contributed by atoms with van der Waals surface area (Å²) in [6.07, 6.45) is 2.70. The number of nitrogens with zero attached hydrogens (tertiary/aromatic N) is 1. The number of amides is 1. The Hall–Kier alpha value is -1.63. The van der Waals surface area contributed by atoms with Crippen molar-refractivity contribution < 1.29 is 13.2 Å². The molecule has 0 bridgehead atoms. The molecule has 0 fully saturated rings. The van der Waals surface area contributed by atoms with Crippen molar-refractivity contribution in [2.45, 2.75) is 24.3 Å². The van der Waals surface area contributed by atoms with Crippen molar-refractivity contribution in [1.82, 2.24) is 4.98 Å². The van der Waals surface area contributed by atoms with Gasteiger partial charge in [0.15, 0.2) is 9.84 Å². The van der Waals surface area contributed by atoms with Crippen molar-refractivity contribution in [3.8, 4) is 0 Å². The normalized spacial score (nSPS) is 13.1. The third-order valence-electron chi connectivity index (χ3n) is 2.06. The molecule has 0 saturated heterocycles. The van der Waals surface area contributed by atoms with Crippen LogP contribution in [0.25, 0.3) is 0 Å². The number of sulfone groups is 1. The summed E-state index contributed by atoms with van der Waals surface area (Å²) in [5, 5.41) is 2.86. The van der Waals surface area contributed by atoms with E-state index < -0.39 is 15.7 Å². The first-order chi connectivity index (χ1) is 7.80. The lowest BCUT2D eigenvalue weighted by atomic mass is 10.2. The van der Waals surface area contributed by atoms with Crippen LogP contribution in [0.4, 0.5) is 5.82 Å². The van der Waals surface area contributed by atoms with Gasteiger partial charge in [0, 0.05) is 24.9 Å². The van der Waals surface area contributed by atoms with Crippen molar-refractivity contribution in [3.63, 3.8) is 0 Å². The molecule has 1 unspecified atom stereocenters. The largest absolute Gasteiger partial charge is 0.370 e. The molecule has 0 aromatic carbocycles. The summed E-state index contributed by atoms with van der Waals surface area (Å²) in [6, 6.07) is 2.73. The maximum atomic E-state index is 11.5. The number of carbonyl (C=O) groups is 1. The first-order valence-electron chi connectivity index (χ1n) is 5.00. The van der Waals surface area contributed by atoms with Crippen molar-refractivity contribution in [1.29, 1.82) is 0 Å². The molecule has 17 heavy (non-hydrogen) atoms. The Morgan fingerprint density at radius 2 is 2.24 bits per heavy atom. The molecule has 1 heterocycles. The zero-order chi connectivity index (χ0) is 13.1. The molecule has 3 N–H and O–H groups in total. The van der Waals surface area contributed by atoms with Gasteiger partial charge in [-0.1, -0.05) is 0 Å². The maximum Gasteiger partial charge on any atom is 0.219 e. The van der Waals surface area contributed by atoms with Crippen LogP contribution < -0.4 is 11.1 Å². The highest BCUT2D eigenvalue weighted by Crippen LogP contribution is 2.18. The summed E-state index contributed by atoms with van der Waals surface area (Å²) in [5.74, 6) is -0.217. The molecule has 0 aliphatic carbocycles. The predicted octanol–water partition coefficient (Wildman–Crippen LogP) is 0.161. The first-order valence-corrected chi connectivity index (χ1v) is 6.89. The average molecular weight is 257 g/mol. The second kappa shape index (κ2) is 5.13. The molecule has 1 atom stereocenters. The lowest BCUT2D eigenvalue weighted by Crippen LogP contribution is -2.25. The third-order valence-corrected chi connectivity index (χ3v) is 3.19. The van der Waals surface area contributed by atoms with E-state index >= 15 is 0 Å². The van der Waals surface area contributed by atoms with E-state index in [2.05, 4.69) is 10.3 Å². The quantitative estimate of drug-likeness (QED) is 0.782. The molecular formula is C10H15N3O3S. The number of pyridine rings is 1. The number of nitrogens with one attached hydrogen (secondary N) is 1. The van der Waals surface area contributed by atoms with E-state index in [0.29, 0.717) is 0 Å². The number of aromatic nitrogens is 1. The Morgan fingerprint density at radius 1 is 1.59 bits per heavy atom. The van der Waals surface area contributed by atoms with Crippen molar-refractivity contribution >= 4 is 21.6 Å². The molecule has 94 valence electrons. The van der Waals surface area contributed by atoms with E-state index in [1.165, 1.54) is 12.3 Å². The molecule has 0 saturated carbocycles. The highest BCUT2D eigenvalue weighted by molar-refractivity contribution is 7.90. The molecule has 7 heteroatoms. The third kappa shape index (κ3) is 4.03. The second-order valence-corrected chi connectivity index (χ2v) is 5.82. The van der Waals surface area contributed by atoms with Crippen LogP contribution in [-0.4, -0.2) is 31.6 Å². The summed E-state index contributed by atoms with van der Waals surface area (Å²) in [5.41, 5.74) is 5.05. The van der Waals surface area contributed by atoms with Gasteiger partial charge in [0.1, 0.15) is 10.7 Å². The van der Waals surface area contributed by atoms with E-state index in [9.17, 15) is 13.2 Å². The van der Waals surface area contributed by atoms with Crippen molar-refractivity contribution in [3.05, 3.63) is 18.3 Å². The zero-order valence-corrected chi connectivity index (χ0v) is 10.5. The monoisotopic (exact) mass is 257 g/mol. The minimum atomic E-state index is -3.35. The van der Waals surface area contributed by atoms with Crippen LogP contribution in [0.1, 0.15) is 13.3 Å². The van der Waals surface area contributed by atoms with Crippen molar-refractivity contribution in [2.75, 3.05) is 11.6 Å². The number of anilines is 1. The lowest BCUT2D eigenvalue weighted by Gasteiger charge is -2.14. The minimum absolute atomic E-state index is 0.108. The summed E-state index contributed by atoms with van der Waals surface area (Å²) in [4.78, 5) is 14.8. The predicted molar refractivity (Wildman–Crippen MR) is 64.2 cm³/mol. The van der Waals surface area contributed by atoms with Crippen LogP contribution >= 0.6 is 0 Å². The fourth-order valence-electron chi connectivity index (χ4n) is 1.38. The van der Waals surface area contributed by atoms with Crippen LogP contribution in [0.3, 0.4) is 0 Å². The summed E-state index contributed by atoms with van der Waals surface area (Å²) in [6.45, 7) is 1.73. The zero-order valence-electron chi connectivity index (χ0n) is 9.67. The van der Waals surface area contributed by atoms with Crippen molar-refractivity contribution in [2.24, 2.45) is 5.73 Å². The Kier molecular flexibility index (Phi) is 4.06. The highest BCUT2D eigenvalue weighted by atomic mass is 32.2. The number of carbonyl (C=O) groups excluding carboxylic acids is 1. The van der Waals surface area contributed by atoms with E-state index in [1.54, 1.807) is 13.0 Å². The molecule has 1 aromatic rings. The van der Waals surface area contributed by atoms with Gasteiger partial charge in [-0.3, -0.25) is 4.79 Å². The van der Waals surface area contributed by atoms with Crippen LogP contribution in [0, 0.1) is 0 Å². The molecular weight excluding hydrogens is 242 g/mol. The SMILES string of the molecule is CC(CC(N)=O)Nc1ncccc1S(C)(=O)=O. The maximum absolute atomic E-state index is 11.5. The standard InChI is InChI=1S/C10H15N3O3S/c1-7(6-9(11)14)13-10-8(17(2,15)16)4-3-5-12-10/h3-5,7H,6H2,1-2H3,(H2,11,14)(H,12,13). The van der Waals surface area contributed by atoms with Gasteiger partial charge in [-0.2, -0.15) is 0 Å². The second-order valence-electron chi connectivity index (χ2n) is 3.84. The molecule has 1 rings (SSSR count). The van der Waals surface area contributed by atoms with Crippen LogP contribution in [-0.2, 0) is 14.6 Å². The van der Waals surface area contributed by atoms with E-state index in [-0.39, 0.29) is 23.2 Å². The van der Waals surface area contributed by atoms with Crippen LogP contribution in [0.2, 0.25) is 0 Å². The van der Waals surface area contributed by atoms with Gasteiger partial charge in [-0.15, -0.1) is 0 Å². The number of rotatable bonds is 5. The molecule has 6 nitrogen and oxygen atoms in total. The summed E-state index contributed by atoms with van der Waals surface area (Å²) < 4.78 is 23.0. The topological polar surface area (TPSA) is 102 Å². The number of nitrogens with two attached hydrogens (primary N) is 1. The van der Waals surface area contributed by atoms with Gasteiger partial charge in [0.05, 0.1) is 0 Å². The molecule has 0 spiro atoms. The van der Waals surface area contributed by atoms with E-state index in [4.69, 9.17) is 5.73 Å². The first kappa shape index (κ1) is 13.4. The van der Waals surface area contributed by atoms with E-state index in [1.807, 2.05) is 0 Å². The van der Waals surface area contributed by atoms with Gasteiger partial charge >= 0.3 is 0 Å². The highest BCUT2D eigenvalue weighted by Gasteiger charge is 2.16. The smallest absolute Gasteiger partial charge is 0.219 e. The fraction of sp³-hybridized carbons (Fsp3) is 0.400. The summed E-state index contributed by atoms with van der Waals surface area (Å²) >= 11 is 0. The Bertz CT molecular complexity index is 513. The molecule has 0 aliphatic rings. The molecule has 0 aliphatic heterocycles. The molecule has 0 radical (unpaired) electrons. The lowest BCUT2D eigenvalue weighted by molar-refractivity contribution is -0.118. The Morgan fingerprint density at radius 3 is 2.76 bits per heavy atom. The number of hydrogen-bond acceptors (Lipinski definition) is 5. The number of primary amides is 1. The van der Waals surface area contributed by atoms with Gasteiger partial charge in [-0.05, 0) is 19.1 Å². The number of hydrogen-bond donors (Lipinski definition) is 2. The molecule has 1 amide bonds. The van der Waals surface area contributed by atoms with Gasteiger partial charge < -0.3 is 11.1 Å².